The summed E-state index contributed by atoms with van der Waals surface area (Å²) in [5, 5.41) is 14.6. The van der Waals surface area contributed by atoms with Crippen LogP contribution in [0, 0.1) is 0 Å². The molecule has 36 heavy (non-hydrogen) atoms. The van der Waals surface area contributed by atoms with Gasteiger partial charge >= 0.3 is 6.36 Å². The van der Waals surface area contributed by atoms with E-state index in [2.05, 4.69) is 14.8 Å². The van der Waals surface area contributed by atoms with Crippen molar-refractivity contribution < 1.29 is 31.4 Å². The molecular weight excluding hydrogens is 515 g/mol. The minimum Gasteiger partial charge on any atom is -0.406 e. The number of nitrogens with one attached hydrogen (secondary N) is 2. The van der Waals surface area contributed by atoms with E-state index in [1.165, 1.54) is 0 Å². The van der Waals surface area contributed by atoms with Gasteiger partial charge < -0.3 is 20.1 Å². The molecule has 7 nitrogen and oxygen atoms in total. The number of ether oxygens (including phenoxy) is 1. The second-order valence-corrected chi connectivity index (χ2v) is 11.2. The lowest BCUT2D eigenvalue weighted by Crippen LogP contribution is -2.64. The maximum Gasteiger partial charge on any atom is 0.573 e. The van der Waals surface area contributed by atoms with Gasteiger partial charge in [-0.25, -0.2) is 13.1 Å². The first kappa shape index (κ1) is 24.9. The molecule has 3 aromatic rings. The van der Waals surface area contributed by atoms with E-state index in [-0.39, 0.29) is 11.4 Å². The molecule has 0 aromatic heterocycles. The van der Waals surface area contributed by atoms with Gasteiger partial charge in [-0.05, 0) is 48.5 Å². The quantitative estimate of drug-likeness (QED) is 0.455. The molecule has 1 saturated heterocycles. The minimum atomic E-state index is -4.88. The van der Waals surface area contributed by atoms with Crippen molar-refractivity contribution in [3.8, 4) is 5.75 Å². The molecule has 0 aliphatic carbocycles. The molecule has 3 N–H and O–H groups in total. The molecule has 3 aromatic carbocycles. The van der Waals surface area contributed by atoms with Gasteiger partial charge in [0.15, 0.2) is 0 Å². The molecule has 190 valence electrons. The molecule has 0 radical (unpaired) electrons. The van der Waals surface area contributed by atoms with Crippen molar-refractivity contribution in [1.29, 1.82) is 0 Å². The van der Waals surface area contributed by atoms with Gasteiger partial charge in [0.05, 0.1) is 34.5 Å². The van der Waals surface area contributed by atoms with Crippen LogP contribution in [0.25, 0.3) is 0 Å². The molecule has 12 heteroatoms. The largest absolute Gasteiger partial charge is 0.573 e. The van der Waals surface area contributed by atoms with Gasteiger partial charge in [-0.15, -0.1) is 13.2 Å². The summed E-state index contributed by atoms with van der Waals surface area (Å²) in [6, 6.07) is 18.2. The number of anilines is 2. The van der Waals surface area contributed by atoms with Crippen LogP contribution in [0.3, 0.4) is 0 Å². The highest BCUT2D eigenvalue weighted by Gasteiger charge is 2.40. The van der Waals surface area contributed by atoms with E-state index in [4.69, 9.17) is 0 Å². The Morgan fingerprint density at radius 1 is 0.944 bits per heavy atom. The topological polar surface area (TPSA) is 90.9 Å². The predicted molar refractivity (Wildman–Crippen MR) is 129 cm³/mol. The molecule has 0 bridgehead atoms. The summed E-state index contributed by atoms with van der Waals surface area (Å²) in [4.78, 5) is 3.83. The maximum absolute atomic E-state index is 13.0. The lowest BCUT2D eigenvalue weighted by molar-refractivity contribution is -0.274. The van der Waals surface area contributed by atoms with Crippen LogP contribution in [0.1, 0.15) is 0 Å². The van der Waals surface area contributed by atoms with Crippen LogP contribution in [0.15, 0.2) is 87.5 Å². The minimum absolute atomic E-state index is 0.179. The Bertz CT molecular complexity index is 1310. The van der Waals surface area contributed by atoms with E-state index >= 15 is 0 Å². The number of fused-ring (bicyclic) bond motifs is 2. The zero-order chi connectivity index (χ0) is 25.5. The molecule has 5 rings (SSSR count). The Balaban J connectivity index is 1.39. The van der Waals surface area contributed by atoms with Crippen molar-refractivity contribution in [2.75, 3.05) is 18.0 Å². The number of piperidine rings is 1. The van der Waals surface area contributed by atoms with Gasteiger partial charge in [-0.2, -0.15) is 0 Å². The molecular formula is C24H22F3N3O4S2. The van der Waals surface area contributed by atoms with Crippen LogP contribution in [-0.4, -0.2) is 51.2 Å². The number of aliphatic hydroxyl groups excluding tert-OH is 1. The molecule has 2 heterocycles. The number of rotatable bonds is 5. The Morgan fingerprint density at radius 3 is 2.11 bits per heavy atom. The smallest absolute Gasteiger partial charge is 0.406 e. The number of aliphatic hydroxyl groups is 1. The zero-order valence-electron chi connectivity index (χ0n) is 18.6. The summed E-state index contributed by atoms with van der Waals surface area (Å²) in [5.41, 5.74) is 1.83. The van der Waals surface area contributed by atoms with Gasteiger partial charge in [0.1, 0.15) is 5.75 Å². The van der Waals surface area contributed by atoms with Crippen LogP contribution in [0.5, 0.6) is 5.75 Å². The van der Waals surface area contributed by atoms with E-state index in [0.29, 0.717) is 6.54 Å². The third kappa shape index (κ3) is 5.04. The van der Waals surface area contributed by atoms with Crippen LogP contribution in [0.2, 0.25) is 0 Å². The van der Waals surface area contributed by atoms with E-state index in [9.17, 15) is 26.7 Å². The lowest BCUT2D eigenvalue weighted by Gasteiger charge is -2.45. The average Bonchev–Trinajstić information content (AvgIpc) is 2.83. The van der Waals surface area contributed by atoms with Crippen LogP contribution >= 0.6 is 11.8 Å². The number of hydrogen-bond donors (Lipinski definition) is 3. The van der Waals surface area contributed by atoms with E-state index < -0.39 is 40.3 Å². The highest BCUT2D eigenvalue weighted by Crippen LogP contribution is 2.49. The van der Waals surface area contributed by atoms with Crippen molar-refractivity contribution in [3.05, 3.63) is 72.8 Å². The first-order chi connectivity index (χ1) is 17.1. The Labute approximate surface area is 210 Å². The Kier molecular flexibility index (Phi) is 6.64. The molecule has 2 aliphatic rings. The SMILES string of the molecule is O=S(=O)(N[C@H]1CNC[C@@H](N2c3ccccc3Sc3ccccc32)[C@@H]1O)c1ccc(OC(F)(F)F)cc1. The molecule has 0 amide bonds. The Hall–Kier alpha value is -2.77. The molecule has 2 aliphatic heterocycles. The van der Waals surface area contributed by atoms with Crippen molar-refractivity contribution in [1.82, 2.24) is 10.0 Å². The second-order valence-electron chi connectivity index (χ2n) is 8.37. The first-order valence-corrected chi connectivity index (χ1v) is 13.3. The molecule has 0 unspecified atom stereocenters. The summed E-state index contributed by atoms with van der Waals surface area (Å²) in [5.74, 6) is -0.527. The number of sulfonamides is 1. The molecule has 0 saturated carbocycles. The Morgan fingerprint density at radius 2 is 1.53 bits per heavy atom. The fourth-order valence-corrected chi connectivity index (χ4v) is 6.75. The van der Waals surface area contributed by atoms with Crippen LogP contribution in [-0.2, 0) is 10.0 Å². The summed E-state index contributed by atoms with van der Waals surface area (Å²) in [6.07, 6.45) is -5.96. The number of halogens is 3. The highest BCUT2D eigenvalue weighted by molar-refractivity contribution is 7.99. The van der Waals surface area contributed by atoms with Gasteiger partial charge in [0, 0.05) is 22.9 Å². The van der Waals surface area contributed by atoms with Crippen molar-refractivity contribution in [2.24, 2.45) is 0 Å². The zero-order valence-corrected chi connectivity index (χ0v) is 20.3. The molecule has 3 atom stereocenters. The number of benzene rings is 3. The van der Waals surface area contributed by atoms with Crippen molar-refractivity contribution in [2.45, 2.75) is 39.2 Å². The van der Waals surface area contributed by atoms with Gasteiger partial charge in [-0.1, -0.05) is 36.0 Å². The summed E-state index contributed by atoms with van der Waals surface area (Å²) >= 11 is 1.63. The molecule has 0 spiro atoms. The number of hydrogen-bond acceptors (Lipinski definition) is 7. The second kappa shape index (κ2) is 9.60. The first-order valence-electron chi connectivity index (χ1n) is 11.0. The monoisotopic (exact) mass is 537 g/mol. The van der Waals surface area contributed by atoms with Gasteiger partial charge in [0.25, 0.3) is 0 Å². The fraction of sp³-hybridized carbons (Fsp3) is 0.250. The number of para-hydroxylation sites is 2. The fourth-order valence-electron chi connectivity index (χ4n) is 4.43. The normalized spacial score (nSPS) is 22.0. The van der Waals surface area contributed by atoms with Crippen molar-refractivity contribution in [3.63, 3.8) is 0 Å². The van der Waals surface area contributed by atoms with Crippen molar-refractivity contribution >= 4 is 33.2 Å². The van der Waals surface area contributed by atoms with E-state index in [1.54, 1.807) is 11.8 Å². The van der Waals surface area contributed by atoms with E-state index in [1.807, 2.05) is 53.4 Å². The van der Waals surface area contributed by atoms with Crippen LogP contribution < -0.4 is 19.7 Å². The predicted octanol–water partition coefficient (Wildman–Crippen LogP) is 3.87. The van der Waals surface area contributed by atoms with Gasteiger partial charge in [0.2, 0.25) is 10.0 Å². The summed E-state index contributed by atoms with van der Waals surface area (Å²) in [6.45, 7) is 0.592. The summed E-state index contributed by atoms with van der Waals surface area (Å²) in [7, 11) is -4.14. The van der Waals surface area contributed by atoms with E-state index in [0.717, 1.165) is 45.4 Å². The highest BCUT2D eigenvalue weighted by atomic mass is 32.2. The van der Waals surface area contributed by atoms with Gasteiger partial charge in [-0.3, -0.25) is 0 Å². The average molecular weight is 538 g/mol. The third-order valence-electron chi connectivity index (χ3n) is 6.00. The number of alkyl halides is 3. The lowest BCUT2D eigenvalue weighted by atomic mass is 9.96. The maximum atomic E-state index is 13.0. The third-order valence-corrected chi connectivity index (χ3v) is 8.64. The standard InChI is InChI=1S/C24H22F3N3O4S2/c25-24(26,27)34-15-9-11-16(12-10-15)36(32,33)29-17-13-28-14-20(23(17)31)30-18-5-1-3-7-21(18)35-22-8-4-2-6-19(22)30/h1-12,17,20,23,28-29,31H,13-14H2/t17-,20+,23+/m0/s1. The summed E-state index contributed by atoms with van der Waals surface area (Å²) < 4.78 is 69.5. The van der Waals surface area contributed by atoms with Crippen LogP contribution in [0.4, 0.5) is 24.5 Å². The number of nitrogens with zero attached hydrogens (tertiary/aromatic N) is 1. The molecule has 1 fully saturated rings.